The predicted octanol–water partition coefficient (Wildman–Crippen LogP) is 4.61. The van der Waals surface area contributed by atoms with Crippen LogP contribution in [0, 0.1) is 5.82 Å². The van der Waals surface area contributed by atoms with Crippen molar-refractivity contribution in [1.29, 1.82) is 0 Å². The Morgan fingerprint density at radius 3 is 2.75 bits per heavy atom. The van der Waals surface area contributed by atoms with Gasteiger partial charge in [-0.2, -0.15) is 0 Å². The molecule has 0 amide bonds. The molecule has 20 heavy (non-hydrogen) atoms. The maximum absolute atomic E-state index is 13.9. The first kappa shape index (κ1) is 13.5. The van der Waals surface area contributed by atoms with Gasteiger partial charge in [-0.1, -0.05) is 30.0 Å². The van der Waals surface area contributed by atoms with Crippen LogP contribution in [0.2, 0.25) is 0 Å². The summed E-state index contributed by atoms with van der Waals surface area (Å²) < 4.78 is 15.9. The molecule has 0 spiro atoms. The van der Waals surface area contributed by atoms with E-state index in [1.54, 1.807) is 24.3 Å². The quantitative estimate of drug-likeness (QED) is 0.768. The van der Waals surface area contributed by atoms with Gasteiger partial charge in [0.05, 0.1) is 10.2 Å². The number of rotatable bonds is 3. The van der Waals surface area contributed by atoms with Gasteiger partial charge < -0.3 is 5.73 Å². The number of thiazole rings is 1. The lowest BCUT2D eigenvalue weighted by Crippen LogP contribution is -2.08. The first-order chi connectivity index (χ1) is 9.65. The van der Waals surface area contributed by atoms with E-state index in [9.17, 15) is 4.39 Å². The Morgan fingerprint density at radius 2 is 2.00 bits per heavy atom. The zero-order chi connectivity index (χ0) is 14.1. The van der Waals surface area contributed by atoms with Gasteiger partial charge in [0.25, 0.3) is 0 Å². The molecular weight excluding hydrogens is 291 g/mol. The SMILES string of the molecule is C[C@H](N)c1c(F)cccc1Sc1nc2ccccc2s1. The molecule has 0 saturated carbocycles. The zero-order valence-corrected chi connectivity index (χ0v) is 12.5. The maximum Gasteiger partial charge on any atom is 0.155 e. The fourth-order valence-electron chi connectivity index (χ4n) is 2.04. The third-order valence-electron chi connectivity index (χ3n) is 2.94. The van der Waals surface area contributed by atoms with Crippen molar-refractivity contribution < 1.29 is 4.39 Å². The van der Waals surface area contributed by atoms with E-state index in [0.717, 1.165) is 19.5 Å². The minimum Gasteiger partial charge on any atom is -0.324 e. The van der Waals surface area contributed by atoms with Gasteiger partial charge in [0.2, 0.25) is 0 Å². The van der Waals surface area contributed by atoms with Crippen molar-refractivity contribution in [2.75, 3.05) is 0 Å². The smallest absolute Gasteiger partial charge is 0.155 e. The highest BCUT2D eigenvalue weighted by molar-refractivity contribution is 8.01. The maximum atomic E-state index is 13.9. The molecule has 2 nitrogen and oxygen atoms in total. The Balaban J connectivity index is 2.00. The molecule has 0 fully saturated rings. The lowest BCUT2D eigenvalue weighted by Gasteiger charge is -2.11. The van der Waals surface area contributed by atoms with E-state index in [2.05, 4.69) is 4.98 Å². The van der Waals surface area contributed by atoms with Gasteiger partial charge >= 0.3 is 0 Å². The molecule has 2 aromatic carbocycles. The van der Waals surface area contributed by atoms with Crippen LogP contribution in [-0.4, -0.2) is 4.98 Å². The summed E-state index contributed by atoms with van der Waals surface area (Å²) in [7, 11) is 0. The van der Waals surface area contributed by atoms with Gasteiger partial charge in [0.15, 0.2) is 4.34 Å². The molecular formula is C15H13FN2S2. The van der Waals surface area contributed by atoms with E-state index in [-0.39, 0.29) is 11.9 Å². The van der Waals surface area contributed by atoms with Gasteiger partial charge in [-0.25, -0.2) is 9.37 Å². The van der Waals surface area contributed by atoms with Crippen LogP contribution in [0.1, 0.15) is 18.5 Å². The number of benzene rings is 2. The van der Waals surface area contributed by atoms with Crippen LogP contribution in [0.5, 0.6) is 0 Å². The molecule has 2 N–H and O–H groups in total. The number of hydrogen-bond acceptors (Lipinski definition) is 4. The van der Waals surface area contributed by atoms with Crippen LogP contribution in [-0.2, 0) is 0 Å². The molecule has 0 aliphatic heterocycles. The van der Waals surface area contributed by atoms with E-state index < -0.39 is 0 Å². The van der Waals surface area contributed by atoms with Gasteiger partial charge in [0.1, 0.15) is 5.82 Å². The van der Waals surface area contributed by atoms with Gasteiger partial charge in [-0.3, -0.25) is 0 Å². The summed E-state index contributed by atoms with van der Waals surface area (Å²) in [5.41, 5.74) is 7.40. The Kier molecular flexibility index (Phi) is 3.74. The van der Waals surface area contributed by atoms with Gasteiger partial charge in [-0.15, -0.1) is 11.3 Å². The Bertz CT molecular complexity index is 719. The van der Waals surface area contributed by atoms with E-state index in [1.807, 2.05) is 30.3 Å². The number of halogens is 1. The fourth-order valence-corrected chi connectivity index (χ4v) is 4.31. The fraction of sp³-hybridized carbons (Fsp3) is 0.133. The largest absolute Gasteiger partial charge is 0.324 e. The van der Waals surface area contributed by atoms with Crippen molar-refractivity contribution in [3.63, 3.8) is 0 Å². The topological polar surface area (TPSA) is 38.9 Å². The van der Waals surface area contributed by atoms with E-state index >= 15 is 0 Å². The molecule has 1 aromatic heterocycles. The molecule has 5 heteroatoms. The van der Waals surface area contributed by atoms with Crippen LogP contribution in [0.15, 0.2) is 51.7 Å². The second-order valence-electron chi connectivity index (χ2n) is 4.49. The van der Waals surface area contributed by atoms with Crippen LogP contribution in [0.25, 0.3) is 10.2 Å². The second kappa shape index (κ2) is 5.52. The lowest BCUT2D eigenvalue weighted by atomic mass is 10.1. The van der Waals surface area contributed by atoms with Crippen LogP contribution in [0.4, 0.5) is 4.39 Å². The molecule has 1 heterocycles. The highest BCUT2D eigenvalue weighted by Gasteiger charge is 2.15. The second-order valence-corrected chi connectivity index (χ2v) is 6.81. The summed E-state index contributed by atoms with van der Waals surface area (Å²) in [4.78, 5) is 5.39. The highest BCUT2D eigenvalue weighted by Crippen LogP contribution is 2.37. The molecule has 0 unspecified atom stereocenters. The van der Waals surface area contributed by atoms with Crippen LogP contribution >= 0.6 is 23.1 Å². The molecule has 102 valence electrons. The molecule has 0 saturated heterocycles. The molecule has 1 atom stereocenters. The lowest BCUT2D eigenvalue weighted by molar-refractivity contribution is 0.585. The number of aromatic nitrogens is 1. The Labute approximate surface area is 124 Å². The highest BCUT2D eigenvalue weighted by atomic mass is 32.2. The molecule has 3 rings (SSSR count). The third-order valence-corrected chi connectivity index (χ3v) is 5.11. The monoisotopic (exact) mass is 304 g/mol. The third kappa shape index (κ3) is 2.57. The summed E-state index contributed by atoms with van der Waals surface area (Å²) in [5, 5.41) is 0. The molecule has 0 radical (unpaired) electrons. The van der Waals surface area contributed by atoms with Crippen LogP contribution < -0.4 is 5.73 Å². The predicted molar refractivity (Wildman–Crippen MR) is 82.7 cm³/mol. The van der Waals surface area contributed by atoms with E-state index in [4.69, 9.17) is 5.73 Å². The zero-order valence-electron chi connectivity index (χ0n) is 10.8. The van der Waals surface area contributed by atoms with Crippen molar-refractivity contribution in [3.8, 4) is 0 Å². The van der Waals surface area contributed by atoms with Crippen molar-refractivity contribution in [1.82, 2.24) is 4.98 Å². The first-order valence-electron chi connectivity index (χ1n) is 6.22. The first-order valence-corrected chi connectivity index (χ1v) is 7.86. The van der Waals surface area contributed by atoms with Crippen LogP contribution in [0.3, 0.4) is 0 Å². The van der Waals surface area contributed by atoms with E-state index in [0.29, 0.717) is 5.56 Å². The summed E-state index contributed by atoms with van der Waals surface area (Å²) in [6.07, 6.45) is 0. The number of para-hydroxylation sites is 1. The van der Waals surface area contributed by atoms with Crippen molar-refractivity contribution in [3.05, 3.63) is 53.8 Å². The van der Waals surface area contributed by atoms with Crippen molar-refractivity contribution in [2.45, 2.75) is 22.2 Å². The van der Waals surface area contributed by atoms with Gasteiger partial charge in [0, 0.05) is 16.5 Å². The molecule has 0 aliphatic rings. The Hall–Kier alpha value is -1.43. The average molecular weight is 304 g/mol. The molecule has 0 aliphatic carbocycles. The average Bonchev–Trinajstić information content (AvgIpc) is 2.80. The number of nitrogens with two attached hydrogens (primary N) is 1. The molecule has 3 aromatic rings. The molecule has 0 bridgehead atoms. The van der Waals surface area contributed by atoms with Crippen molar-refractivity contribution >= 4 is 33.3 Å². The summed E-state index contributed by atoms with van der Waals surface area (Å²) in [6, 6.07) is 12.7. The normalized spacial score (nSPS) is 12.8. The van der Waals surface area contributed by atoms with Crippen molar-refractivity contribution in [2.24, 2.45) is 5.73 Å². The summed E-state index contributed by atoms with van der Waals surface area (Å²) in [6.45, 7) is 1.79. The summed E-state index contributed by atoms with van der Waals surface area (Å²) in [5.74, 6) is -0.258. The minimum absolute atomic E-state index is 0.258. The number of fused-ring (bicyclic) bond motifs is 1. The standard InChI is InChI=1S/C15H13FN2S2/c1-9(17)14-10(16)5-4-8-13(14)20-15-18-11-6-2-3-7-12(11)19-15/h2-9H,17H2,1H3/t9-/m0/s1. The summed E-state index contributed by atoms with van der Waals surface area (Å²) >= 11 is 3.08. The minimum atomic E-state index is -0.340. The Morgan fingerprint density at radius 1 is 1.20 bits per heavy atom. The van der Waals surface area contributed by atoms with Gasteiger partial charge in [-0.05, 0) is 31.2 Å². The van der Waals surface area contributed by atoms with E-state index in [1.165, 1.54) is 17.8 Å². The number of nitrogens with zero attached hydrogens (tertiary/aromatic N) is 1. The number of hydrogen-bond donors (Lipinski definition) is 1.